The van der Waals surface area contributed by atoms with Crippen LogP contribution >= 0.6 is 0 Å². The third-order valence-corrected chi connectivity index (χ3v) is 4.71. The molecule has 2 aromatic carbocycles. The maximum Gasteiger partial charge on any atom is 0.339 e. The Morgan fingerprint density at radius 1 is 1.04 bits per heavy atom. The van der Waals surface area contributed by atoms with Crippen LogP contribution in [0.2, 0.25) is 0 Å². The van der Waals surface area contributed by atoms with Crippen molar-refractivity contribution in [3.05, 3.63) is 65.5 Å². The van der Waals surface area contributed by atoms with Crippen molar-refractivity contribution < 1.29 is 23.5 Å². The molecule has 28 heavy (non-hydrogen) atoms. The summed E-state index contributed by atoms with van der Waals surface area (Å²) in [6, 6.07) is 12.9. The molecule has 6 nitrogen and oxygen atoms in total. The second-order valence-electron chi connectivity index (χ2n) is 6.61. The van der Waals surface area contributed by atoms with Gasteiger partial charge in [-0.15, -0.1) is 0 Å². The minimum absolute atomic E-state index is 0.224. The molecular weight excluding hydrogens is 363 g/mol. The summed E-state index contributed by atoms with van der Waals surface area (Å²) < 4.78 is 18.3. The third kappa shape index (κ3) is 4.54. The van der Waals surface area contributed by atoms with Gasteiger partial charge in [-0.05, 0) is 36.6 Å². The van der Waals surface area contributed by atoms with Gasteiger partial charge in [-0.3, -0.25) is 9.59 Å². The van der Waals surface area contributed by atoms with Gasteiger partial charge in [0.15, 0.2) is 0 Å². The third-order valence-electron chi connectivity index (χ3n) is 4.71. The predicted octanol–water partition coefficient (Wildman–Crippen LogP) is 2.55. The number of benzene rings is 2. The van der Waals surface area contributed by atoms with Crippen LogP contribution in [0.4, 0.5) is 10.1 Å². The molecule has 2 amide bonds. The number of nitrogens with one attached hydrogen (secondary N) is 2. The monoisotopic (exact) mass is 384 g/mol. The molecule has 3 rings (SSSR count). The minimum Gasteiger partial charge on any atom is -0.465 e. The highest BCUT2D eigenvalue weighted by Gasteiger charge is 2.48. The molecule has 0 aromatic heterocycles. The van der Waals surface area contributed by atoms with Crippen LogP contribution in [0, 0.1) is 17.7 Å². The minimum atomic E-state index is -0.547. The molecule has 1 saturated carbocycles. The number of hydrogen-bond acceptors (Lipinski definition) is 4. The summed E-state index contributed by atoms with van der Waals surface area (Å²) in [4.78, 5) is 36.4. The standard InChI is InChI=1S/C21H21FN2O4/c1-28-21(27)14-7-3-5-9-18(14)24-20(26)16-12-15(16)19(25)23-11-10-13-6-2-4-8-17(13)22/h2-9,15-16H,10-12H2,1H3,(H,23,25)(H,24,26). The average Bonchev–Trinajstić information content (AvgIpc) is 3.50. The van der Waals surface area contributed by atoms with Crippen molar-refractivity contribution in [1.29, 1.82) is 0 Å². The zero-order valence-corrected chi connectivity index (χ0v) is 15.4. The number of methoxy groups -OCH3 is 1. The van der Waals surface area contributed by atoms with Crippen molar-refractivity contribution in [3.8, 4) is 0 Å². The van der Waals surface area contributed by atoms with Gasteiger partial charge >= 0.3 is 5.97 Å². The lowest BCUT2D eigenvalue weighted by atomic mass is 10.1. The van der Waals surface area contributed by atoms with E-state index in [1.807, 2.05) is 0 Å². The van der Waals surface area contributed by atoms with Gasteiger partial charge in [0.1, 0.15) is 5.82 Å². The van der Waals surface area contributed by atoms with Gasteiger partial charge in [-0.2, -0.15) is 0 Å². The van der Waals surface area contributed by atoms with Gasteiger partial charge in [-0.1, -0.05) is 30.3 Å². The molecule has 1 fully saturated rings. The zero-order valence-electron chi connectivity index (χ0n) is 15.4. The molecule has 1 aliphatic rings. The highest BCUT2D eigenvalue weighted by Crippen LogP contribution is 2.39. The summed E-state index contributed by atoms with van der Waals surface area (Å²) in [5.74, 6) is -2.24. The Balaban J connectivity index is 1.50. The molecule has 0 aliphatic heterocycles. The van der Waals surface area contributed by atoms with Gasteiger partial charge in [0.25, 0.3) is 0 Å². The van der Waals surface area contributed by atoms with Crippen molar-refractivity contribution >= 4 is 23.5 Å². The van der Waals surface area contributed by atoms with E-state index < -0.39 is 17.8 Å². The lowest BCUT2D eigenvalue weighted by Crippen LogP contribution is -2.29. The zero-order chi connectivity index (χ0) is 20.1. The summed E-state index contributed by atoms with van der Waals surface area (Å²) in [7, 11) is 1.27. The first-order valence-electron chi connectivity index (χ1n) is 9.00. The van der Waals surface area contributed by atoms with Crippen molar-refractivity contribution in [2.45, 2.75) is 12.8 Å². The van der Waals surface area contributed by atoms with E-state index in [0.29, 0.717) is 30.6 Å². The van der Waals surface area contributed by atoms with Crippen LogP contribution in [-0.2, 0) is 20.7 Å². The summed E-state index contributed by atoms with van der Waals surface area (Å²) >= 11 is 0. The van der Waals surface area contributed by atoms with E-state index in [4.69, 9.17) is 4.74 Å². The Morgan fingerprint density at radius 3 is 2.46 bits per heavy atom. The van der Waals surface area contributed by atoms with E-state index in [2.05, 4.69) is 10.6 Å². The van der Waals surface area contributed by atoms with Crippen molar-refractivity contribution in [3.63, 3.8) is 0 Å². The van der Waals surface area contributed by atoms with Gasteiger partial charge < -0.3 is 15.4 Å². The van der Waals surface area contributed by atoms with E-state index in [1.54, 1.807) is 42.5 Å². The van der Waals surface area contributed by atoms with Crippen LogP contribution in [0.15, 0.2) is 48.5 Å². The summed E-state index contributed by atoms with van der Waals surface area (Å²) in [5.41, 5.74) is 1.14. The Bertz CT molecular complexity index is 899. The van der Waals surface area contributed by atoms with Crippen LogP contribution in [0.3, 0.4) is 0 Å². The number of ether oxygens (including phenoxy) is 1. The molecule has 2 unspecified atom stereocenters. The highest BCUT2D eigenvalue weighted by atomic mass is 19.1. The fourth-order valence-electron chi connectivity index (χ4n) is 3.03. The maximum absolute atomic E-state index is 13.6. The second-order valence-corrected chi connectivity index (χ2v) is 6.61. The van der Waals surface area contributed by atoms with Crippen LogP contribution in [-0.4, -0.2) is 31.4 Å². The normalized spacial score (nSPS) is 17.5. The lowest BCUT2D eigenvalue weighted by Gasteiger charge is -2.09. The van der Waals surface area contributed by atoms with Crippen molar-refractivity contribution in [2.24, 2.45) is 11.8 Å². The largest absolute Gasteiger partial charge is 0.465 e. The van der Waals surface area contributed by atoms with Crippen molar-refractivity contribution in [1.82, 2.24) is 5.32 Å². The summed E-state index contributed by atoms with van der Waals surface area (Å²) in [6.45, 7) is 0.301. The Hall–Kier alpha value is -3.22. The molecule has 0 spiro atoms. The fraction of sp³-hybridized carbons (Fsp3) is 0.286. The maximum atomic E-state index is 13.6. The number of esters is 1. The van der Waals surface area contributed by atoms with Gasteiger partial charge in [0, 0.05) is 6.54 Å². The number of para-hydroxylation sites is 1. The van der Waals surface area contributed by atoms with Crippen LogP contribution in [0.1, 0.15) is 22.3 Å². The molecule has 0 saturated heterocycles. The number of halogens is 1. The van der Waals surface area contributed by atoms with Crippen LogP contribution in [0.5, 0.6) is 0 Å². The first kappa shape index (κ1) is 19.5. The van der Waals surface area contributed by atoms with Gasteiger partial charge in [-0.25, -0.2) is 9.18 Å². The molecule has 7 heteroatoms. The number of carbonyl (C=O) groups excluding carboxylic acids is 3. The smallest absolute Gasteiger partial charge is 0.339 e. The van der Waals surface area contributed by atoms with Crippen LogP contribution < -0.4 is 10.6 Å². The summed E-state index contributed by atoms with van der Waals surface area (Å²) in [6.07, 6.45) is 0.826. The fourth-order valence-corrected chi connectivity index (χ4v) is 3.03. The average molecular weight is 384 g/mol. The van der Waals surface area contributed by atoms with Gasteiger partial charge in [0.2, 0.25) is 11.8 Å². The molecule has 0 heterocycles. The first-order valence-corrected chi connectivity index (χ1v) is 9.00. The Kier molecular flexibility index (Phi) is 6.03. The van der Waals surface area contributed by atoms with E-state index >= 15 is 0 Å². The molecule has 0 bridgehead atoms. The molecule has 2 atom stereocenters. The number of anilines is 1. The molecule has 146 valence electrons. The molecule has 1 aliphatic carbocycles. The molecular formula is C21H21FN2O4. The Morgan fingerprint density at radius 2 is 1.71 bits per heavy atom. The molecule has 2 aromatic rings. The first-order chi connectivity index (χ1) is 13.5. The Labute approximate surface area is 162 Å². The quantitative estimate of drug-likeness (QED) is 0.719. The van der Waals surface area contributed by atoms with Gasteiger partial charge in [0.05, 0.1) is 30.2 Å². The lowest BCUT2D eigenvalue weighted by molar-refractivity contribution is -0.125. The number of carbonyl (C=O) groups is 3. The summed E-state index contributed by atoms with van der Waals surface area (Å²) in [5, 5.41) is 5.44. The predicted molar refractivity (Wildman–Crippen MR) is 101 cm³/mol. The number of amides is 2. The molecule has 2 N–H and O–H groups in total. The SMILES string of the molecule is COC(=O)c1ccccc1NC(=O)C1CC1C(=O)NCCc1ccccc1F. The molecule has 0 radical (unpaired) electrons. The van der Waals surface area contributed by atoms with E-state index in [-0.39, 0.29) is 23.2 Å². The van der Waals surface area contributed by atoms with Crippen LogP contribution in [0.25, 0.3) is 0 Å². The van der Waals surface area contributed by atoms with E-state index in [1.165, 1.54) is 13.2 Å². The number of hydrogen-bond donors (Lipinski definition) is 2. The second kappa shape index (κ2) is 8.65. The van der Waals surface area contributed by atoms with Crippen molar-refractivity contribution in [2.75, 3.05) is 19.0 Å². The van der Waals surface area contributed by atoms with E-state index in [9.17, 15) is 18.8 Å². The topological polar surface area (TPSA) is 84.5 Å². The highest BCUT2D eigenvalue weighted by molar-refractivity contribution is 6.04. The van der Waals surface area contributed by atoms with E-state index in [0.717, 1.165) is 0 Å². The number of rotatable bonds is 7.